The van der Waals surface area contributed by atoms with Crippen molar-refractivity contribution in [2.45, 2.75) is 13.0 Å². The van der Waals surface area contributed by atoms with E-state index in [2.05, 4.69) is 52.3 Å². The summed E-state index contributed by atoms with van der Waals surface area (Å²) < 4.78 is 5.39. The van der Waals surface area contributed by atoms with Crippen molar-refractivity contribution in [1.29, 1.82) is 0 Å². The third-order valence-corrected chi connectivity index (χ3v) is 4.22. The third-order valence-electron chi connectivity index (χ3n) is 4.22. The average Bonchev–Trinajstić information content (AvgIpc) is 2.89. The normalized spacial score (nSPS) is 16.1. The van der Waals surface area contributed by atoms with Crippen molar-refractivity contribution >= 4 is 17.3 Å². The molecule has 2 aliphatic rings. The summed E-state index contributed by atoms with van der Waals surface area (Å²) in [5, 5.41) is 0. The molecule has 0 unspecified atom stereocenters. The Labute approximate surface area is 130 Å². The van der Waals surface area contributed by atoms with Crippen LogP contribution in [0.1, 0.15) is 12.0 Å². The number of fused-ring (bicyclic) bond motifs is 3. The zero-order valence-electron chi connectivity index (χ0n) is 12.7. The molecule has 0 aliphatic carbocycles. The van der Waals surface area contributed by atoms with E-state index < -0.39 is 0 Å². The molecular formula is C18H19N3O. The highest BCUT2D eigenvalue weighted by Gasteiger charge is 2.34. The monoisotopic (exact) mass is 293 g/mol. The van der Waals surface area contributed by atoms with Gasteiger partial charge in [-0.1, -0.05) is 30.3 Å². The molecule has 0 saturated carbocycles. The summed E-state index contributed by atoms with van der Waals surface area (Å²) in [4.78, 5) is 9.39. The summed E-state index contributed by atoms with van der Waals surface area (Å²) in [6.45, 7) is 2.77. The van der Waals surface area contributed by atoms with E-state index >= 15 is 0 Å². The van der Waals surface area contributed by atoms with Crippen LogP contribution in [0.3, 0.4) is 0 Å². The van der Waals surface area contributed by atoms with E-state index in [0.29, 0.717) is 0 Å². The molecular weight excluding hydrogens is 274 g/mol. The molecule has 2 heterocycles. The van der Waals surface area contributed by atoms with Gasteiger partial charge in [0.25, 0.3) is 0 Å². The maximum atomic E-state index is 5.39. The fraction of sp³-hybridized carbons (Fsp3) is 0.278. The highest BCUT2D eigenvalue weighted by molar-refractivity contribution is 6.16. The van der Waals surface area contributed by atoms with Gasteiger partial charge in [0.1, 0.15) is 5.75 Å². The van der Waals surface area contributed by atoms with Gasteiger partial charge in [0, 0.05) is 19.2 Å². The lowest BCUT2D eigenvalue weighted by atomic mass is 10.2. The van der Waals surface area contributed by atoms with Crippen molar-refractivity contribution in [3.05, 3.63) is 54.1 Å². The van der Waals surface area contributed by atoms with Crippen LogP contribution in [0.5, 0.6) is 5.75 Å². The number of ether oxygens (including phenoxy) is 1. The number of rotatable bonds is 3. The first kappa shape index (κ1) is 13.2. The van der Waals surface area contributed by atoms with Crippen molar-refractivity contribution < 1.29 is 4.74 Å². The SMILES string of the molecule is COc1ccc2c(c1)N1CCCN=C1N2Cc1ccccc1. The number of hydrogen-bond donors (Lipinski definition) is 0. The molecule has 2 aliphatic heterocycles. The lowest BCUT2D eigenvalue weighted by molar-refractivity contribution is 0.415. The molecule has 0 N–H and O–H groups in total. The molecule has 0 atom stereocenters. The molecule has 2 aromatic rings. The molecule has 0 fully saturated rings. The fourth-order valence-corrected chi connectivity index (χ4v) is 3.16. The second kappa shape index (κ2) is 5.37. The van der Waals surface area contributed by atoms with Crippen LogP contribution in [0.25, 0.3) is 0 Å². The standard InChI is InChI=1S/C18H19N3O/c1-22-15-8-9-16-17(12-15)20-11-5-10-19-18(20)21(16)13-14-6-3-2-4-7-14/h2-4,6-9,12H,5,10-11,13H2,1H3. The fourth-order valence-electron chi connectivity index (χ4n) is 3.16. The first-order valence-corrected chi connectivity index (χ1v) is 7.68. The van der Waals surface area contributed by atoms with Crippen LogP contribution in [0.4, 0.5) is 11.4 Å². The van der Waals surface area contributed by atoms with Gasteiger partial charge in [-0.2, -0.15) is 0 Å². The van der Waals surface area contributed by atoms with Crippen LogP contribution in [0.15, 0.2) is 53.5 Å². The third kappa shape index (κ3) is 2.11. The molecule has 0 radical (unpaired) electrons. The zero-order valence-corrected chi connectivity index (χ0v) is 12.7. The molecule has 0 spiro atoms. The summed E-state index contributed by atoms with van der Waals surface area (Å²) in [5.74, 6) is 1.96. The van der Waals surface area contributed by atoms with E-state index in [1.165, 1.54) is 16.9 Å². The van der Waals surface area contributed by atoms with Gasteiger partial charge >= 0.3 is 0 Å². The van der Waals surface area contributed by atoms with Crippen molar-refractivity contribution in [2.75, 3.05) is 30.0 Å². The van der Waals surface area contributed by atoms with Crippen LogP contribution in [-0.4, -0.2) is 26.2 Å². The van der Waals surface area contributed by atoms with Crippen LogP contribution in [0, 0.1) is 0 Å². The Morgan fingerprint density at radius 3 is 2.77 bits per heavy atom. The Morgan fingerprint density at radius 2 is 1.95 bits per heavy atom. The van der Waals surface area contributed by atoms with Crippen molar-refractivity contribution in [1.82, 2.24) is 0 Å². The maximum Gasteiger partial charge on any atom is 0.206 e. The minimum Gasteiger partial charge on any atom is -0.497 e. The van der Waals surface area contributed by atoms with E-state index in [-0.39, 0.29) is 0 Å². The number of anilines is 2. The number of benzene rings is 2. The number of nitrogens with zero attached hydrogens (tertiary/aromatic N) is 3. The highest BCUT2D eigenvalue weighted by atomic mass is 16.5. The van der Waals surface area contributed by atoms with E-state index in [9.17, 15) is 0 Å². The lowest BCUT2D eigenvalue weighted by Crippen LogP contribution is -2.41. The van der Waals surface area contributed by atoms with E-state index in [1.807, 2.05) is 6.07 Å². The zero-order chi connectivity index (χ0) is 14.9. The Kier molecular flexibility index (Phi) is 3.22. The quantitative estimate of drug-likeness (QED) is 0.869. The van der Waals surface area contributed by atoms with Gasteiger partial charge in [-0.3, -0.25) is 4.99 Å². The summed E-state index contributed by atoms with van der Waals surface area (Å²) >= 11 is 0. The molecule has 112 valence electrons. The first-order valence-electron chi connectivity index (χ1n) is 7.68. The smallest absolute Gasteiger partial charge is 0.206 e. The van der Waals surface area contributed by atoms with Gasteiger partial charge in [-0.15, -0.1) is 0 Å². The van der Waals surface area contributed by atoms with E-state index in [1.54, 1.807) is 7.11 Å². The molecule has 0 saturated heterocycles. The van der Waals surface area contributed by atoms with Crippen LogP contribution < -0.4 is 14.5 Å². The van der Waals surface area contributed by atoms with Gasteiger partial charge < -0.3 is 14.5 Å². The van der Waals surface area contributed by atoms with Crippen molar-refractivity contribution in [2.24, 2.45) is 4.99 Å². The predicted molar refractivity (Wildman–Crippen MR) is 89.9 cm³/mol. The summed E-state index contributed by atoms with van der Waals surface area (Å²) in [6, 6.07) is 16.8. The Bertz CT molecular complexity index is 712. The maximum absolute atomic E-state index is 5.39. The average molecular weight is 293 g/mol. The predicted octanol–water partition coefficient (Wildman–Crippen LogP) is 3.28. The molecule has 4 nitrogen and oxygen atoms in total. The summed E-state index contributed by atoms with van der Waals surface area (Å²) in [7, 11) is 1.71. The van der Waals surface area contributed by atoms with Crippen LogP contribution in [-0.2, 0) is 6.54 Å². The number of guanidine groups is 1. The highest BCUT2D eigenvalue weighted by Crippen LogP contribution is 2.41. The first-order chi connectivity index (χ1) is 10.9. The van der Waals surface area contributed by atoms with Gasteiger partial charge in [0.05, 0.1) is 25.0 Å². The molecule has 0 bridgehead atoms. The topological polar surface area (TPSA) is 28.1 Å². The second-order valence-electron chi connectivity index (χ2n) is 5.61. The molecule has 4 heteroatoms. The van der Waals surface area contributed by atoms with Crippen LogP contribution in [0.2, 0.25) is 0 Å². The van der Waals surface area contributed by atoms with Gasteiger partial charge in [0.2, 0.25) is 5.96 Å². The second-order valence-corrected chi connectivity index (χ2v) is 5.61. The number of hydrogen-bond acceptors (Lipinski definition) is 4. The number of aliphatic imine (C=N–C) groups is 1. The lowest BCUT2D eigenvalue weighted by Gasteiger charge is -2.26. The Hall–Kier alpha value is -2.49. The molecule has 0 aromatic heterocycles. The molecule has 0 amide bonds. The number of methoxy groups -OCH3 is 1. The summed E-state index contributed by atoms with van der Waals surface area (Å²) in [6.07, 6.45) is 1.10. The van der Waals surface area contributed by atoms with E-state index in [4.69, 9.17) is 9.73 Å². The van der Waals surface area contributed by atoms with E-state index in [0.717, 1.165) is 37.8 Å². The molecule has 4 rings (SSSR count). The van der Waals surface area contributed by atoms with Gasteiger partial charge in [0.15, 0.2) is 0 Å². The van der Waals surface area contributed by atoms with Crippen molar-refractivity contribution in [3.8, 4) is 5.75 Å². The Balaban J connectivity index is 1.76. The van der Waals surface area contributed by atoms with Gasteiger partial charge in [-0.25, -0.2) is 0 Å². The molecule has 2 aromatic carbocycles. The van der Waals surface area contributed by atoms with Crippen LogP contribution >= 0.6 is 0 Å². The largest absolute Gasteiger partial charge is 0.497 e. The minimum atomic E-state index is 0.843. The molecule has 22 heavy (non-hydrogen) atoms. The minimum absolute atomic E-state index is 0.843. The van der Waals surface area contributed by atoms with Crippen molar-refractivity contribution in [3.63, 3.8) is 0 Å². The Morgan fingerprint density at radius 1 is 1.09 bits per heavy atom. The summed E-state index contributed by atoms with van der Waals surface area (Å²) in [5.41, 5.74) is 3.71. The van der Waals surface area contributed by atoms with Gasteiger partial charge in [-0.05, 0) is 24.1 Å².